The van der Waals surface area contributed by atoms with E-state index < -0.39 is 0 Å². The third-order valence-corrected chi connectivity index (χ3v) is 4.44. The number of hydrogen-bond acceptors (Lipinski definition) is 3. The van der Waals surface area contributed by atoms with Crippen LogP contribution in [0, 0.1) is 0 Å². The van der Waals surface area contributed by atoms with Crippen molar-refractivity contribution >= 4 is 33.4 Å². The van der Waals surface area contributed by atoms with E-state index in [1.54, 1.807) is 49.6 Å². The zero-order valence-corrected chi connectivity index (χ0v) is 14.7. The molecule has 0 saturated heterocycles. The molecule has 0 atom stereocenters. The van der Waals surface area contributed by atoms with E-state index in [0.717, 1.165) is 12.8 Å². The summed E-state index contributed by atoms with van der Waals surface area (Å²) in [4.78, 5) is 24.9. The first-order valence-electron chi connectivity index (χ1n) is 7.63. The third kappa shape index (κ3) is 3.76. The molecule has 2 N–H and O–H groups in total. The number of rotatable bonds is 5. The van der Waals surface area contributed by atoms with Crippen LogP contribution in [0.1, 0.15) is 33.6 Å². The van der Waals surface area contributed by atoms with Crippen molar-refractivity contribution < 1.29 is 14.3 Å². The van der Waals surface area contributed by atoms with E-state index in [-0.39, 0.29) is 17.9 Å². The highest BCUT2D eigenvalue weighted by atomic mass is 79.9. The summed E-state index contributed by atoms with van der Waals surface area (Å²) in [5, 5.41) is 5.74. The third-order valence-electron chi connectivity index (χ3n) is 3.75. The number of halogens is 1. The van der Waals surface area contributed by atoms with E-state index in [1.807, 2.05) is 0 Å². The largest absolute Gasteiger partial charge is 0.497 e. The summed E-state index contributed by atoms with van der Waals surface area (Å²) < 4.78 is 5.81. The van der Waals surface area contributed by atoms with Crippen molar-refractivity contribution in [3.05, 3.63) is 58.1 Å². The topological polar surface area (TPSA) is 67.4 Å². The zero-order chi connectivity index (χ0) is 17.1. The number of anilines is 1. The molecule has 3 rings (SSSR count). The normalized spacial score (nSPS) is 13.2. The summed E-state index contributed by atoms with van der Waals surface area (Å²) in [5.74, 6) is 0.105. The van der Waals surface area contributed by atoms with Crippen LogP contribution in [-0.4, -0.2) is 25.0 Å². The number of hydrogen-bond donors (Lipinski definition) is 2. The van der Waals surface area contributed by atoms with Crippen molar-refractivity contribution in [3.8, 4) is 5.75 Å². The highest BCUT2D eigenvalue weighted by Crippen LogP contribution is 2.25. The van der Waals surface area contributed by atoms with Gasteiger partial charge in [0.2, 0.25) is 0 Å². The van der Waals surface area contributed by atoms with Gasteiger partial charge in [0.05, 0.1) is 23.9 Å². The van der Waals surface area contributed by atoms with E-state index in [1.165, 1.54) is 0 Å². The molecule has 0 bridgehead atoms. The van der Waals surface area contributed by atoms with E-state index in [0.29, 0.717) is 27.0 Å². The van der Waals surface area contributed by atoms with E-state index in [9.17, 15) is 9.59 Å². The molecular formula is C18H17BrN2O3. The number of amides is 2. The van der Waals surface area contributed by atoms with Gasteiger partial charge in [0.25, 0.3) is 11.8 Å². The molecule has 0 spiro atoms. The van der Waals surface area contributed by atoms with Crippen molar-refractivity contribution in [2.75, 3.05) is 12.4 Å². The van der Waals surface area contributed by atoms with Crippen molar-refractivity contribution in [2.45, 2.75) is 18.9 Å². The molecule has 124 valence electrons. The molecule has 0 aromatic heterocycles. The average molecular weight is 389 g/mol. The SMILES string of the molecule is COc1ccc(Br)c(C(=O)Nc2ccccc2C(=O)NC2CC2)c1. The minimum Gasteiger partial charge on any atom is -0.497 e. The number of nitrogens with one attached hydrogen (secondary N) is 2. The molecule has 2 aromatic carbocycles. The minimum absolute atomic E-state index is 0.168. The Labute approximate surface area is 148 Å². The molecule has 2 amide bonds. The van der Waals surface area contributed by atoms with E-state index >= 15 is 0 Å². The molecule has 2 aromatic rings. The number of benzene rings is 2. The Morgan fingerprint density at radius 3 is 2.54 bits per heavy atom. The minimum atomic E-state index is -0.313. The maximum absolute atomic E-state index is 12.6. The zero-order valence-electron chi connectivity index (χ0n) is 13.1. The fourth-order valence-corrected chi connectivity index (χ4v) is 2.70. The van der Waals surface area contributed by atoms with Gasteiger partial charge in [0.1, 0.15) is 5.75 Å². The Hall–Kier alpha value is -2.34. The highest BCUT2D eigenvalue weighted by molar-refractivity contribution is 9.10. The van der Waals surface area contributed by atoms with Crippen LogP contribution >= 0.6 is 15.9 Å². The lowest BCUT2D eigenvalue weighted by atomic mass is 10.1. The molecule has 0 unspecified atom stereocenters. The fraction of sp³-hybridized carbons (Fsp3) is 0.222. The second kappa shape index (κ2) is 7.05. The van der Waals surface area contributed by atoms with Crippen LogP contribution in [0.5, 0.6) is 5.75 Å². The van der Waals surface area contributed by atoms with Gasteiger partial charge in [-0.25, -0.2) is 0 Å². The van der Waals surface area contributed by atoms with Crippen LogP contribution in [0.25, 0.3) is 0 Å². The van der Waals surface area contributed by atoms with Crippen molar-refractivity contribution in [1.82, 2.24) is 5.32 Å². The predicted molar refractivity (Wildman–Crippen MR) is 95.6 cm³/mol. The van der Waals surface area contributed by atoms with Gasteiger partial charge in [-0.15, -0.1) is 0 Å². The van der Waals surface area contributed by atoms with Crippen molar-refractivity contribution in [2.24, 2.45) is 0 Å². The molecule has 0 aliphatic heterocycles. The Morgan fingerprint density at radius 2 is 1.83 bits per heavy atom. The lowest BCUT2D eigenvalue weighted by Gasteiger charge is -2.12. The smallest absolute Gasteiger partial charge is 0.256 e. The summed E-state index contributed by atoms with van der Waals surface area (Å²) >= 11 is 3.37. The molecule has 1 aliphatic rings. The maximum Gasteiger partial charge on any atom is 0.256 e. The molecule has 24 heavy (non-hydrogen) atoms. The van der Waals surface area contributed by atoms with Crippen LogP contribution in [0.3, 0.4) is 0 Å². The number of ether oxygens (including phenoxy) is 1. The number of carbonyl (C=O) groups is 2. The Balaban J connectivity index is 1.83. The van der Waals surface area contributed by atoms with Crippen LogP contribution < -0.4 is 15.4 Å². The standard InChI is InChI=1S/C18H17BrN2O3/c1-24-12-8-9-15(19)14(10-12)18(23)21-16-5-3-2-4-13(16)17(22)20-11-6-7-11/h2-5,8-11H,6-7H2,1H3,(H,20,22)(H,21,23). The predicted octanol–water partition coefficient (Wildman–Crippen LogP) is 3.60. The van der Waals surface area contributed by atoms with Crippen LogP contribution in [0.4, 0.5) is 5.69 Å². The second-order valence-electron chi connectivity index (χ2n) is 5.59. The average Bonchev–Trinajstić information content (AvgIpc) is 3.39. The van der Waals surface area contributed by atoms with Gasteiger partial charge in [0, 0.05) is 10.5 Å². The summed E-state index contributed by atoms with van der Waals surface area (Å²) in [6, 6.07) is 12.4. The first-order valence-corrected chi connectivity index (χ1v) is 8.42. The van der Waals surface area contributed by atoms with Crippen LogP contribution in [0.15, 0.2) is 46.9 Å². The summed E-state index contributed by atoms with van der Waals surface area (Å²) in [5.41, 5.74) is 1.37. The molecule has 5 nitrogen and oxygen atoms in total. The number of para-hydroxylation sites is 1. The summed E-state index contributed by atoms with van der Waals surface area (Å²) in [6.45, 7) is 0. The van der Waals surface area contributed by atoms with Gasteiger partial charge in [-0.05, 0) is 59.1 Å². The maximum atomic E-state index is 12.6. The van der Waals surface area contributed by atoms with Gasteiger partial charge >= 0.3 is 0 Å². The first-order chi connectivity index (χ1) is 11.6. The quantitative estimate of drug-likeness (QED) is 0.821. The molecular weight excluding hydrogens is 372 g/mol. The van der Waals surface area contributed by atoms with Crippen molar-refractivity contribution in [1.29, 1.82) is 0 Å². The van der Waals surface area contributed by atoms with Gasteiger partial charge < -0.3 is 15.4 Å². The number of methoxy groups -OCH3 is 1. The Bertz CT molecular complexity index is 788. The van der Waals surface area contributed by atoms with Crippen LogP contribution in [-0.2, 0) is 0 Å². The molecule has 1 aliphatic carbocycles. The fourth-order valence-electron chi connectivity index (χ4n) is 2.28. The molecule has 1 fully saturated rings. The first kappa shape index (κ1) is 16.5. The van der Waals surface area contributed by atoms with Gasteiger partial charge in [0.15, 0.2) is 0 Å². The van der Waals surface area contributed by atoms with Gasteiger partial charge in [-0.1, -0.05) is 12.1 Å². The van der Waals surface area contributed by atoms with E-state index in [2.05, 4.69) is 26.6 Å². The Morgan fingerprint density at radius 1 is 1.08 bits per heavy atom. The summed E-state index contributed by atoms with van der Waals surface area (Å²) in [6.07, 6.45) is 2.02. The van der Waals surface area contributed by atoms with Crippen molar-refractivity contribution in [3.63, 3.8) is 0 Å². The molecule has 0 radical (unpaired) electrons. The lowest BCUT2D eigenvalue weighted by molar-refractivity contribution is 0.0952. The van der Waals surface area contributed by atoms with Gasteiger partial charge in [-0.2, -0.15) is 0 Å². The molecule has 0 heterocycles. The number of carbonyl (C=O) groups excluding carboxylic acids is 2. The molecule has 6 heteroatoms. The molecule has 1 saturated carbocycles. The second-order valence-corrected chi connectivity index (χ2v) is 6.45. The monoisotopic (exact) mass is 388 g/mol. The highest BCUT2D eigenvalue weighted by Gasteiger charge is 2.25. The van der Waals surface area contributed by atoms with E-state index in [4.69, 9.17) is 4.74 Å². The Kier molecular flexibility index (Phi) is 4.85. The van der Waals surface area contributed by atoms with Crippen LogP contribution in [0.2, 0.25) is 0 Å². The lowest BCUT2D eigenvalue weighted by Crippen LogP contribution is -2.27. The van der Waals surface area contributed by atoms with Gasteiger partial charge in [-0.3, -0.25) is 9.59 Å². The summed E-state index contributed by atoms with van der Waals surface area (Å²) in [7, 11) is 1.54.